The summed E-state index contributed by atoms with van der Waals surface area (Å²) in [5.74, 6) is -0.187. The summed E-state index contributed by atoms with van der Waals surface area (Å²) >= 11 is 1.39. The number of hydrogen-bond donors (Lipinski definition) is 1. The van der Waals surface area contributed by atoms with Gasteiger partial charge < -0.3 is 0 Å². The Hall–Kier alpha value is -1.95. The highest BCUT2D eigenvalue weighted by Gasteiger charge is 2.06. The molecule has 0 saturated carbocycles. The zero-order chi connectivity index (χ0) is 13.1. The Morgan fingerprint density at radius 2 is 2.28 bits per heavy atom. The summed E-state index contributed by atoms with van der Waals surface area (Å²) in [4.78, 5) is 15.6. The van der Waals surface area contributed by atoms with Crippen molar-refractivity contribution in [2.75, 3.05) is 5.32 Å². The zero-order valence-electron chi connectivity index (χ0n) is 10.5. The maximum absolute atomic E-state index is 11.7. The van der Waals surface area contributed by atoms with Crippen molar-refractivity contribution in [2.45, 2.75) is 13.8 Å². The van der Waals surface area contributed by atoms with E-state index in [1.54, 1.807) is 17.0 Å². The van der Waals surface area contributed by atoms with Crippen LogP contribution >= 0.6 is 11.3 Å². The van der Waals surface area contributed by atoms with Crippen LogP contribution in [0.15, 0.2) is 17.7 Å². The van der Waals surface area contributed by atoms with Gasteiger partial charge >= 0.3 is 0 Å². The van der Waals surface area contributed by atoms with Gasteiger partial charge in [0.2, 0.25) is 5.91 Å². The Morgan fingerprint density at radius 3 is 2.83 bits per heavy atom. The molecule has 0 bridgehead atoms. The van der Waals surface area contributed by atoms with Gasteiger partial charge in [0.15, 0.2) is 5.13 Å². The first-order chi connectivity index (χ1) is 8.58. The third-order valence-electron chi connectivity index (χ3n) is 2.63. The molecule has 0 unspecified atom stereocenters. The monoisotopic (exact) mass is 262 g/mol. The summed E-state index contributed by atoms with van der Waals surface area (Å²) in [6.07, 6.45) is 4.93. The predicted molar refractivity (Wildman–Crippen MR) is 72.5 cm³/mol. The number of nitrogens with zero attached hydrogens (tertiary/aromatic N) is 3. The highest BCUT2D eigenvalue weighted by Crippen LogP contribution is 2.14. The lowest BCUT2D eigenvalue weighted by molar-refractivity contribution is -0.111. The van der Waals surface area contributed by atoms with Crippen LogP contribution in [-0.2, 0) is 11.8 Å². The molecule has 0 aliphatic rings. The van der Waals surface area contributed by atoms with Crippen molar-refractivity contribution in [1.82, 2.24) is 14.8 Å². The molecule has 2 rings (SSSR count). The maximum atomic E-state index is 11.7. The van der Waals surface area contributed by atoms with E-state index in [-0.39, 0.29) is 5.91 Å². The lowest BCUT2D eigenvalue weighted by Gasteiger charge is -1.96. The van der Waals surface area contributed by atoms with Crippen LogP contribution in [0.2, 0.25) is 0 Å². The van der Waals surface area contributed by atoms with Crippen LogP contribution in [0.25, 0.3) is 6.08 Å². The average Bonchev–Trinajstić information content (AvgIpc) is 2.88. The van der Waals surface area contributed by atoms with Gasteiger partial charge in [-0.15, -0.1) is 11.3 Å². The number of carbonyl (C=O) groups excluding carboxylic acids is 1. The molecular formula is C12H14N4OS. The Balaban J connectivity index is 2.09. The van der Waals surface area contributed by atoms with E-state index in [4.69, 9.17) is 0 Å². The number of hydrogen-bond acceptors (Lipinski definition) is 4. The topological polar surface area (TPSA) is 59.8 Å². The summed E-state index contributed by atoms with van der Waals surface area (Å²) in [5, 5.41) is 9.40. The summed E-state index contributed by atoms with van der Waals surface area (Å²) < 4.78 is 1.80. The number of aromatic nitrogens is 3. The smallest absolute Gasteiger partial charge is 0.250 e. The van der Waals surface area contributed by atoms with Crippen molar-refractivity contribution < 1.29 is 4.79 Å². The first-order valence-electron chi connectivity index (χ1n) is 5.46. The molecule has 2 aromatic heterocycles. The molecule has 2 heterocycles. The molecule has 2 aromatic rings. The highest BCUT2D eigenvalue weighted by atomic mass is 32.1. The second-order valence-electron chi connectivity index (χ2n) is 3.87. The van der Waals surface area contributed by atoms with E-state index >= 15 is 0 Å². The number of amides is 1. The van der Waals surface area contributed by atoms with Gasteiger partial charge in [0.05, 0.1) is 5.69 Å². The van der Waals surface area contributed by atoms with Crippen molar-refractivity contribution in [2.24, 2.45) is 7.05 Å². The van der Waals surface area contributed by atoms with Crippen LogP contribution in [0, 0.1) is 13.8 Å². The molecule has 0 saturated heterocycles. The summed E-state index contributed by atoms with van der Waals surface area (Å²) in [6.45, 7) is 3.89. The fraction of sp³-hybridized carbons (Fsp3) is 0.250. The van der Waals surface area contributed by atoms with E-state index in [0.717, 1.165) is 17.0 Å². The van der Waals surface area contributed by atoms with Crippen LogP contribution in [0.1, 0.15) is 17.0 Å². The average molecular weight is 262 g/mol. The van der Waals surface area contributed by atoms with Crippen LogP contribution in [-0.4, -0.2) is 20.7 Å². The molecule has 0 aliphatic carbocycles. The molecule has 0 radical (unpaired) electrons. The van der Waals surface area contributed by atoms with Gasteiger partial charge in [0, 0.05) is 36.0 Å². The molecule has 1 N–H and O–H groups in total. The minimum Gasteiger partial charge on any atom is -0.298 e. The van der Waals surface area contributed by atoms with Gasteiger partial charge in [0.25, 0.3) is 0 Å². The number of carbonyl (C=O) groups is 1. The normalized spacial score (nSPS) is 11.1. The molecule has 18 heavy (non-hydrogen) atoms. The van der Waals surface area contributed by atoms with Crippen LogP contribution in [0.4, 0.5) is 5.13 Å². The molecule has 6 heteroatoms. The molecule has 1 amide bonds. The van der Waals surface area contributed by atoms with E-state index < -0.39 is 0 Å². The van der Waals surface area contributed by atoms with Crippen molar-refractivity contribution in [3.63, 3.8) is 0 Å². The number of anilines is 1. The third kappa shape index (κ3) is 2.65. The lowest BCUT2D eigenvalue weighted by Crippen LogP contribution is -2.07. The van der Waals surface area contributed by atoms with Gasteiger partial charge in [-0.05, 0) is 19.9 Å². The van der Waals surface area contributed by atoms with Gasteiger partial charge in [0.1, 0.15) is 0 Å². The minimum absolute atomic E-state index is 0.187. The fourth-order valence-corrected chi connectivity index (χ4v) is 2.15. The molecular weight excluding hydrogens is 248 g/mol. The first-order valence-corrected chi connectivity index (χ1v) is 6.34. The van der Waals surface area contributed by atoms with Crippen LogP contribution < -0.4 is 5.32 Å². The van der Waals surface area contributed by atoms with E-state index in [1.165, 1.54) is 17.4 Å². The van der Waals surface area contributed by atoms with Gasteiger partial charge in [-0.2, -0.15) is 5.10 Å². The number of aryl methyl sites for hydroxylation is 2. The van der Waals surface area contributed by atoms with Crippen LogP contribution in [0.3, 0.4) is 0 Å². The van der Waals surface area contributed by atoms with Gasteiger partial charge in [-0.25, -0.2) is 4.98 Å². The molecule has 0 aromatic carbocycles. The predicted octanol–water partition coefficient (Wildman–Crippen LogP) is 2.15. The maximum Gasteiger partial charge on any atom is 0.250 e. The van der Waals surface area contributed by atoms with Gasteiger partial charge in [-0.1, -0.05) is 0 Å². The quantitative estimate of drug-likeness (QED) is 0.862. The Labute approximate surface area is 109 Å². The zero-order valence-corrected chi connectivity index (χ0v) is 11.3. The van der Waals surface area contributed by atoms with E-state index in [9.17, 15) is 4.79 Å². The molecule has 0 spiro atoms. The van der Waals surface area contributed by atoms with E-state index in [0.29, 0.717) is 5.13 Å². The first kappa shape index (κ1) is 12.5. The highest BCUT2D eigenvalue weighted by molar-refractivity contribution is 7.13. The summed E-state index contributed by atoms with van der Waals surface area (Å²) in [6, 6.07) is 0. The summed E-state index contributed by atoms with van der Waals surface area (Å²) in [7, 11) is 1.88. The number of thiazole rings is 1. The number of nitrogens with one attached hydrogen (secondary N) is 1. The van der Waals surface area contributed by atoms with Crippen LogP contribution in [0.5, 0.6) is 0 Å². The van der Waals surface area contributed by atoms with Crippen molar-refractivity contribution in [3.05, 3.63) is 34.6 Å². The largest absolute Gasteiger partial charge is 0.298 e. The second-order valence-corrected chi connectivity index (χ2v) is 4.76. The Bertz CT molecular complexity index is 583. The SMILES string of the molecule is Cc1nn(C)c(C)c1/C=C/C(=O)Nc1nccs1. The molecule has 0 fully saturated rings. The second kappa shape index (κ2) is 5.14. The number of rotatable bonds is 3. The minimum atomic E-state index is -0.187. The third-order valence-corrected chi connectivity index (χ3v) is 3.32. The van der Waals surface area contributed by atoms with Gasteiger partial charge in [-0.3, -0.25) is 14.8 Å². The van der Waals surface area contributed by atoms with Crippen molar-refractivity contribution >= 4 is 28.5 Å². The lowest BCUT2D eigenvalue weighted by atomic mass is 10.2. The standard InChI is InChI=1S/C12H14N4OS/c1-8-10(9(2)16(3)15-8)4-5-11(17)14-12-13-6-7-18-12/h4-7H,1-3H3,(H,13,14,17)/b5-4+. The molecule has 94 valence electrons. The molecule has 0 aliphatic heterocycles. The molecule has 5 nitrogen and oxygen atoms in total. The van der Waals surface area contributed by atoms with Crippen molar-refractivity contribution in [1.29, 1.82) is 0 Å². The van der Waals surface area contributed by atoms with E-state index in [1.807, 2.05) is 26.3 Å². The fourth-order valence-electron chi connectivity index (χ4n) is 1.62. The molecule has 0 atom stereocenters. The van der Waals surface area contributed by atoms with E-state index in [2.05, 4.69) is 15.4 Å². The Morgan fingerprint density at radius 1 is 1.50 bits per heavy atom. The Kier molecular flexibility index (Phi) is 3.57. The van der Waals surface area contributed by atoms with Crippen molar-refractivity contribution in [3.8, 4) is 0 Å². The summed E-state index contributed by atoms with van der Waals surface area (Å²) in [5.41, 5.74) is 2.92.